The normalized spacial score (nSPS) is 10.4. The fraction of sp³-hybridized carbons (Fsp3) is 0.150. The first kappa shape index (κ1) is 17.9. The van der Waals surface area contributed by atoms with E-state index in [4.69, 9.17) is 25.5 Å². The summed E-state index contributed by atoms with van der Waals surface area (Å²) in [6.45, 7) is 2.12. The fourth-order valence-electron chi connectivity index (χ4n) is 2.33. The molecule has 0 atom stereocenters. The number of anilines is 1. The zero-order chi connectivity index (χ0) is 18.5. The fourth-order valence-corrected chi connectivity index (χ4v) is 2.45. The second kappa shape index (κ2) is 7.97. The number of nitrogens with one attached hydrogen (secondary N) is 1. The van der Waals surface area contributed by atoms with E-state index in [0.29, 0.717) is 28.0 Å². The standard InChI is InChI=1S/C20H18ClNO4/c1-13-10-16(6-8-18(13)21)25-12-17-7-9-19(26-17)20(23)22-14-4-3-5-15(11-14)24-2/h3-11H,12H2,1-2H3,(H,22,23). The van der Waals surface area contributed by atoms with Crippen molar-refractivity contribution in [2.45, 2.75) is 13.5 Å². The number of furan rings is 1. The van der Waals surface area contributed by atoms with Crippen molar-refractivity contribution in [3.05, 3.63) is 76.7 Å². The molecule has 0 aliphatic carbocycles. The Balaban J connectivity index is 1.61. The van der Waals surface area contributed by atoms with Crippen molar-refractivity contribution >= 4 is 23.2 Å². The Morgan fingerprint density at radius 1 is 1.12 bits per heavy atom. The maximum atomic E-state index is 12.3. The van der Waals surface area contributed by atoms with E-state index in [1.54, 1.807) is 55.6 Å². The SMILES string of the molecule is COc1cccc(NC(=O)c2ccc(COc3ccc(Cl)c(C)c3)o2)c1. The van der Waals surface area contributed by atoms with E-state index in [0.717, 1.165) is 5.56 Å². The lowest BCUT2D eigenvalue weighted by Crippen LogP contribution is -2.10. The predicted octanol–water partition coefficient (Wildman–Crippen LogP) is 5.08. The number of rotatable bonds is 6. The highest BCUT2D eigenvalue weighted by Crippen LogP contribution is 2.22. The van der Waals surface area contributed by atoms with Crippen LogP contribution >= 0.6 is 11.6 Å². The topological polar surface area (TPSA) is 60.7 Å². The number of carbonyl (C=O) groups excluding carboxylic acids is 1. The van der Waals surface area contributed by atoms with Crippen LogP contribution in [0.15, 0.2) is 59.0 Å². The van der Waals surface area contributed by atoms with E-state index in [-0.39, 0.29) is 18.3 Å². The average molecular weight is 372 g/mol. The molecule has 0 fully saturated rings. The van der Waals surface area contributed by atoms with Gasteiger partial charge in [-0.25, -0.2) is 0 Å². The molecule has 1 heterocycles. The highest BCUT2D eigenvalue weighted by molar-refractivity contribution is 6.31. The zero-order valence-corrected chi connectivity index (χ0v) is 15.2. The minimum Gasteiger partial charge on any atom is -0.497 e. The molecule has 0 unspecified atom stereocenters. The van der Waals surface area contributed by atoms with Crippen LogP contribution in [-0.2, 0) is 6.61 Å². The molecule has 6 heteroatoms. The molecule has 0 saturated heterocycles. The van der Waals surface area contributed by atoms with Crippen LogP contribution in [0.5, 0.6) is 11.5 Å². The van der Waals surface area contributed by atoms with Crippen LogP contribution in [0.1, 0.15) is 21.9 Å². The molecule has 0 aliphatic rings. The van der Waals surface area contributed by atoms with Gasteiger partial charge < -0.3 is 19.2 Å². The lowest BCUT2D eigenvalue weighted by Gasteiger charge is -2.06. The van der Waals surface area contributed by atoms with Crippen molar-refractivity contribution in [1.29, 1.82) is 0 Å². The Kier molecular flexibility index (Phi) is 5.49. The van der Waals surface area contributed by atoms with Crippen molar-refractivity contribution in [1.82, 2.24) is 0 Å². The number of ether oxygens (including phenoxy) is 2. The molecule has 0 aliphatic heterocycles. The molecule has 26 heavy (non-hydrogen) atoms. The van der Waals surface area contributed by atoms with Gasteiger partial charge in [0.1, 0.15) is 23.9 Å². The average Bonchev–Trinajstić information content (AvgIpc) is 3.12. The lowest BCUT2D eigenvalue weighted by atomic mass is 10.2. The molecule has 1 amide bonds. The molecule has 1 aromatic heterocycles. The van der Waals surface area contributed by atoms with Gasteiger partial charge >= 0.3 is 0 Å². The quantitative estimate of drug-likeness (QED) is 0.656. The maximum Gasteiger partial charge on any atom is 0.291 e. The number of halogens is 1. The first-order chi connectivity index (χ1) is 12.5. The number of methoxy groups -OCH3 is 1. The van der Waals surface area contributed by atoms with E-state index < -0.39 is 0 Å². The van der Waals surface area contributed by atoms with Crippen LogP contribution in [0, 0.1) is 6.92 Å². The van der Waals surface area contributed by atoms with Gasteiger partial charge in [0.25, 0.3) is 5.91 Å². The first-order valence-electron chi connectivity index (χ1n) is 7.98. The monoisotopic (exact) mass is 371 g/mol. The largest absolute Gasteiger partial charge is 0.497 e. The summed E-state index contributed by atoms with van der Waals surface area (Å²) in [6, 6.07) is 15.8. The minimum absolute atomic E-state index is 0.207. The molecular formula is C20H18ClNO4. The Morgan fingerprint density at radius 2 is 1.96 bits per heavy atom. The Morgan fingerprint density at radius 3 is 2.73 bits per heavy atom. The van der Waals surface area contributed by atoms with Crippen molar-refractivity contribution in [2.75, 3.05) is 12.4 Å². The van der Waals surface area contributed by atoms with Gasteiger partial charge in [-0.1, -0.05) is 17.7 Å². The van der Waals surface area contributed by atoms with Crippen LogP contribution in [0.2, 0.25) is 5.02 Å². The number of aryl methyl sites for hydroxylation is 1. The van der Waals surface area contributed by atoms with Gasteiger partial charge in [-0.3, -0.25) is 4.79 Å². The van der Waals surface area contributed by atoms with Gasteiger partial charge in [0.2, 0.25) is 0 Å². The number of hydrogen-bond donors (Lipinski definition) is 1. The van der Waals surface area contributed by atoms with Crippen molar-refractivity contribution in [2.24, 2.45) is 0 Å². The summed E-state index contributed by atoms with van der Waals surface area (Å²) in [6.07, 6.45) is 0. The molecule has 0 radical (unpaired) electrons. The smallest absolute Gasteiger partial charge is 0.291 e. The van der Waals surface area contributed by atoms with Gasteiger partial charge in [-0.05, 0) is 55.0 Å². The molecule has 5 nitrogen and oxygen atoms in total. The number of benzene rings is 2. The minimum atomic E-state index is -0.341. The van der Waals surface area contributed by atoms with Crippen LogP contribution in [0.3, 0.4) is 0 Å². The maximum absolute atomic E-state index is 12.3. The second-order valence-corrected chi connectivity index (χ2v) is 6.06. The number of amides is 1. The Bertz CT molecular complexity index is 920. The van der Waals surface area contributed by atoms with Gasteiger partial charge in [-0.2, -0.15) is 0 Å². The number of carbonyl (C=O) groups is 1. The summed E-state index contributed by atoms with van der Waals surface area (Å²) in [5.41, 5.74) is 1.56. The van der Waals surface area contributed by atoms with Crippen molar-refractivity contribution in [3.63, 3.8) is 0 Å². The Hall–Kier alpha value is -2.92. The van der Waals surface area contributed by atoms with Crippen LogP contribution in [0.25, 0.3) is 0 Å². The molecule has 0 saturated carbocycles. The number of hydrogen-bond acceptors (Lipinski definition) is 4. The summed E-state index contributed by atoms with van der Waals surface area (Å²) < 4.78 is 16.4. The molecule has 2 aromatic carbocycles. The summed E-state index contributed by atoms with van der Waals surface area (Å²) >= 11 is 6.00. The summed E-state index contributed by atoms with van der Waals surface area (Å²) in [7, 11) is 1.57. The molecule has 0 spiro atoms. The molecule has 3 rings (SSSR count). The highest BCUT2D eigenvalue weighted by atomic mass is 35.5. The van der Waals surface area contributed by atoms with Crippen LogP contribution in [-0.4, -0.2) is 13.0 Å². The van der Waals surface area contributed by atoms with Crippen molar-refractivity contribution in [3.8, 4) is 11.5 Å². The third kappa shape index (κ3) is 4.37. The van der Waals surface area contributed by atoms with E-state index in [1.165, 1.54) is 0 Å². The lowest BCUT2D eigenvalue weighted by molar-refractivity contribution is 0.0992. The highest BCUT2D eigenvalue weighted by Gasteiger charge is 2.12. The molecule has 3 aromatic rings. The summed E-state index contributed by atoms with van der Waals surface area (Å²) in [4.78, 5) is 12.3. The first-order valence-corrected chi connectivity index (χ1v) is 8.36. The van der Waals surface area contributed by atoms with E-state index in [9.17, 15) is 4.79 Å². The second-order valence-electron chi connectivity index (χ2n) is 5.65. The van der Waals surface area contributed by atoms with Gasteiger partial charge in [0.05, 0.1) is 7.11 Å². The molecular weight excluding hydrogens is 354 g/mol. The van der Waals surface area contributed by atoms with Crippen LogP contribution in [0.4, 0.5) is 5.69 Å². The summed E-state index contributed by atoms with van der Waals surface area (Å²) in [5.74, 6) is 1.76. The van der Waals surface area contributed by atoms with E-state index in [1.807, 2.05) is 13.0 Å². The van der Waals surface area contributed by atoms with Gasteiger partial charge in [-0.15, -0.1) is 0 Å². The van der Waals surface area contributed by atoms with Crippen molar-refractivity contribution < 1.29 is 18.7 Å². The van der Waals surface area contributed by atoms with E-state index in [2.05, 4.69) is 5.32 Å². The predicted molar refractivity (Wildman–Crippen MR) is 100 cm³/mol. The van der Waals surface area contributed by atoms with Crippen LogP contribution < -0.4 is 14.8 Å². The van der Waals surface area contributed by atoms with Gasteiger partial charge in [0.15, 0.2) is 5.76 Å². The van der Waals surface area contributed by atoms with Gasteiger partial charge in [0, 0.05) is 16.8 Å². The molecule has 0 bridgehead atoms. The Labute approximate surface area is 156 Å². The molecule has 1 N–H and O–H groups in total. The zero-order valence-electron chi connectivity index (χ0n) is 14.4. The third-order valence-corrected chi connectivity index (χ3v) is 4.15. The third-order valence-electron chi connectivity index (χ3n) is 3.72. The molecule has 134 valence electrons. The summed E-state index contributed by atoms with van der Waals surface area (Å²) in [5, 5.41) is 3.45. The van der Waals surface area contributed by atoms with E-state index >= 15 is 0 Å².